The van der Waals surface area contributed by atoms with Gasteiger partial charge in [-0.1, -0.05) is 45.9 Å². The molecule has 0 aromatic rings. The first-order valence-corrected chi connectivity index (χ1v) is 5.14. The third-order valence-electron chi connectivity index (χ3n) is 1.66. The largest absolute Gasteiger partial charge is 0.493 e. The van der Waals surface area contributed by atoms with Crippen molar-refractivity contribution < 1.29 is 4.74 Å². The van der Waals surface area contributed by atoms with E-state index in [4.69, 9.17) is 4.74 Å². The smallest absolute Gasteiger partial charge is 0.126 e. The number of fused-ring (bicyclic) bond motifs is 1. The highest BCUT2D eigenvalue weighted by Gasteiger charge is 2.20. The summed E-state index contributed by atoms with van der Waals surface area (Å²) in [5, 5.41) is 0. The molecule has 1 heterocycles. The second-order valence-corrected chi connectivity index (χ2v) is 2.28. The van der Waals surface area contributed by atoms with Gasteiger partial charge in [-0.3, -0.25) is 0 Å². The molecule has 2 aliphatic rings. The van der Waals surface area contributed by atoms with Crippen LogP contribution < -0.4 is 0 Å². The summed E-state index contributed by atoms with van der Waals surface area (Å²) in [4.78, 5) is 0. The Balaban J connectivity index is 0.000000322. The van der Waals surface area contributed by atoms with Crippen LogP contribution >= 0.6 is 0 Å². The molecule has 1 nitrogen and oxygen atoms in total. The van der Waals surface area contributed by atoms with E-state index in [0.29, 0.717) is 5.92 Å². The molecule has 0 spiro atoms. The van der Waals surface area contributed by atoms with Gasteiger partial charge in [0.2, 0.25) is 0 Å². The first-order chi connectivity index (χ1) is 6.47. The number of rotatable bonds is 0. The average Bonchev–Trinajstić information content (AvgIpc) is 2.71. The molecule has 1 aliphatic heterocycles. The van der Waals surface area contributed by atoms with Crippen molar-refractivity contribution in [2.24, 2.45) is 5.92 Å². The topological polar surface area (TPSA) is 9.23 Å². The average molecular weight is 180 g/mol. The molecule has 1 heteroatoms. The molecule has 2 unspecified atom stereocenters. The third-order valence-corrected chi connectivity index (χ3v) is 1.66. The molecule has 0 amide bonds. The highest BCUT2D eigenvalue weighted by molar-refractivity contribution is 5.21. The summed E-state index contributed by atoms with van der Waals surface area (Å²) in [6.07, 6.45) is 12.4. The zero-order valence-electron chi connectivity index (χ0n) is 9.03. The Hall–Kier alpha value is -0.980. The SMILES string of the molecule is C1=CC2C=COC2C=C1.CC.CC. The number of ether oxygens (including phenoxy) is 1. The van der Waals surface area contributed by atoms with Gasteiger partial charge in [-0.25, -0.2) is 0 Å². The Morgan fingerprint density at radius 2 is 1.46 bits per heavy atom. The van der Waals surface area contributed by atoms with E-state index in [0.717, 1.165) is 0 Å². The highest BCUT2D eigenvalue weighted by atomic mass is 16.5. The van der Waals surface area contributed by atoms with Gasteiger partial charge in [-0.05, 0) is 12.2 Å². The zero-order valence-corrected chi connectivity index (χ0v) is 9.03. The Labute approximate surface area is 81.8 Å². The van der Waals surface area contributed by atoms with E-state index in [2.05, 4.69) is 24.3 Å². The fraction of sp³-hybridized carbons (Fsp3) is 0.500. The summed E-state index contributed by atoms with van der Waals surface area (Å²) in [7, 11) is 0. The summed E-state index contributed by atoms with van der Waals surface area (Å²) >= 11 is 0. The van der Waals surface area contributed by atoms with Crippen LogP contribution in [0.2, 0.25) is 0 Å². The van der Waals surface area contributed by atoms with E-state index in [1.807, 2.05) is 33.8 Å². The zero-order chi connectivity index (χ0) is 10.1. The Morgan fingerprint density at radius 1 is 0.846 bits per heavy atom. The van der Waals surface area contributed by atoms with Gasteiger partial charge < -0.3 is 4.74 Å². The normalized spacial score (nSPS) is 26.2. The molecule has 0 radical (unpaired) electrons. The Morgan fingerprint density at radius 3 is 2.08 bits per heavy atom. The van der Waals surface area contributed by atoms with Gasteiger partial charge in [-0.2, -0.15) is 0 Å². The van der Waals surface area contributed by atoms with Gasteiger partial charge in [0.1, 0.15) is 6.10 Å². The van der Waals surface area contributed by atoms with Gasteiger partial charge in [-0.15, -0.1) is 0 Å². The van der Waals surface area contributed by atoms with E-state index in [1.165, 1.54) is 0 Å². The van der Waals surface area contributed by atoms with Crippen molar-refractivity contribution in [3.63, 3.8) is 0 Å². The van der Waals surface area contributed by atoms with Crippen LogP contribution in [0.25, 0.3) is 0 Å². The van der Waals surface area contributed by atoms with Crippen LogP contribution in [0.3, 0.4) is 0 Å². The summed E-state index contributed by atoms with van der Waals surface area (Å²) in [6.45, 7) is 8.00. The molecule has 1 aliphatic carbocycles. The van der Waals surface area contributed by atoms with E-state index in [9.17, 15) is 0 Å². The first kappa shape index (κ1) is 12.0. The third kappa shape index (κ3) is 3.49. The molecular weight excluding hydrogens is 160 g/mol. The van der Waals surface area contributed by atoms with Crippen LogP contribution in [0.1, 0.15) is 27.7 Å². The minimum absolute atomic E-state index is 0.287. The lowest BCUT2D eigenvalue weighted by atomic mass is 10.00. The van der Waals surface area contributed by atoms with Gasteiger partial charge in [0.25, 0.3) is 0 Å². The van der Waals surface area contributed by atoms with E-state index in [-0.39, 0.29) is 6.10 Å². The molecule has 0 saturated carbocycles. The standard InChI is InChI=1S/C8H8O.2C2H6/c1-2-4-8-7(3-1)5-6-9-8;2*1-2/h1-8H;2*1-2H3. The van der Waals surface area contributed by atoms with E-state index >= 15 is 0 Å². The van der Waals surface area contributed by atoms with Crippen molar-refractivity contribution in [2.75, 3.05) is 0 Å². The molecular formula is C12H20O. The predicted octanol–water partition coefficient (Wildman–Crippen LogP) is 3.69. The van der Waals surface area contributed by atoms with Crippen molar-refractivity contribution in [2.45, 2.75) is 33.8 Å². The highest BCUT2D eigenvalue weighted by Crippen LogP contribution is 2.22. The monoisotopic (exact) mass is 180 g/mol. The minimum atomic E-state index is 0.287. The van der Waals surface area contributed by atoms with Gasteiger partial charge >= 0.3 is 0 Å². The summed E-state index contributed by atoms with van der Waals surface area (Å²) in [5.41, 5.74) is 0. The maximum Gasteiger partial charge on any atom is 0.126 e. The van der Waals surface area contributed by atoms with Gasteiger partial charge in [0.15, 0.2) is 0 Å². The molecule has 0 bridgehead atoms. The molecule has 0 N–H and O–H groups in total. The molecule has 0 aromatic heterocycles. The van der Waals surface area contributed by atoms with Crippen molar-refractivity contribution in [3.05, 3.63) is 36.6 Å². The lowest BCUT2D eigenvalue weighted by Gasteiger charge is -2.12. The van der Waals surface area contributed by atoms with Crippen molar-refractivity contribution in [1.82, 2.24) is 0 Å². The van der Waals surface area contributed by atoms with Crippen molar-refractivity contribution in [1.29, 1.82) is 0 Å². The number of hydrogen-bond acceptors (Lipinski definition) is 1. The van der Waals surface area contributed by atoms with Crippen molar-refractivity contribution in [3.8, 4) is 0 Å². The maximum atomic E-state index is 5.24. The van der Waals surface area contributed by atoms with Gasteiger partial charge in [0.05, 0.1) is 6.26 Å². The van der Waals surface area contributed by atoms with Gasteiger partial charge in [0, 0.05) is 5.92 Å². The van der Waals surface area contributed by atoms with Crippen LogP contribution in [0.5, 0.6) is 0 Å². The molecule has 0 aromatic carbocycles. The van der Waals surface area contributed by atoms with Crippen LogP contribution in [0.4, 0.5) is 0 Å². The molecule has 2 rings (SSSR count). The second-order valence-electron chi connectivity index (χ2n) is 2.28. The van der Waals surface area contributed by atoms with Crippen LogP contribution in [0.15, 0.2) is 36.6 Å². The van der Waals surface area contributed by atoms with Crippen LogP contribution in [-0.4, -0.2) is 6.10 Å². The fourth-order valence-electron chi connectivity index (χ4n) is 1.14. The van der Waals surface area contributed by atoms with E-state index < -0.39 is 0 Å². The molecule has 0 saturated heterocycles. The maximum absolute atomic E-state index is 5.24. The fourth-order valence-corrected chi connectivity index (χ4v) is 1.14. The molecule has 2 atom stereocenters. The number of allylic oxidation sites excluding steroid dienone is 2. The predicted molar refractivity (Wildman–Crippen MR) is 58.5 cm³/mol. The second kappa shape index (κ2) is 7.66. The lowest BCUT2D eigenvalue weighted by Crippen LogP contribution is -2.12. The van der Waals surface area contributed by atoms with Crippen LogP contribution in [-0.2, 0) is 4.74 Å². The lowest BCUT2D eigenvalue weighted by molar-refractivity contribution is 0.192. The minimum Gasteiger partial charge on any atom is -0.493 e. The first-order valence-electron chi connectivity index (χ1n) is 5.14. The Bertz CT molecular complexity index is 189. The molecule has 0 fully saturated rings. The van der Waals surface area contributed by atoms with Crippen molar-refractivity contribution >= 4 is 0 Å². The van der Waals surface area contributed by atoms with Crippen LogP contribution in [0, 0.1) is 5.92 Å². The summed E-state index contributed by atoms with van der Waals surface area (Å²) in [5.74, 6) is 0.495. The van der Waals surface area contributed by atoms with E-state index in [1.54, 1.807) is 6.26 Å². The molecule has 74 valence electrons. The Kier molecular flexibility index (Phi) is 7.08. The number of hydrogen-bond donors (Lipinski definition) is 0. The quantitative estimate of drug-likeness (QED) is 0.552. The summed E-state index contributed by atoms with van der Waals surface area (Å²) < 4.78 is 5.24. The summed E-state index contributed by atoms with van der Waals surface area (Å²) in [6, 6.07) is 0. The molecule has 13 heavy (non-hydrogen) atoms.